The normalized spacial score (nSPS) is 20.5. The van der Waals surface area contributed by atoms with Crippen molar-refractivity contribution in [2.75, 3.05) is 7.05 Å². The number of epoxide rings is 1. The number of carbonyl (C=O) groups excluding carboxylic acids is 1. The van der Waals surface area contributed by atoms with E-state index in [1.165, 1.54) is 0 Å². The SMILES string of the molecule is CNC1OC1C(NC(=O)c1cccc(-c2cccc(Cl)c2)n1)C(C)(C)C. The van der Waals surface area contributed by atoms with Gasteiger partial charge in [-0.2, -0.15) is 0 Å². The number of hydrogen-bond acceptors (Lipinski definition) is 4. The van der Waals surface area contributed by atoms with Crippen LogP contribution in [-0.2, 0) is 4.74 Å². The average molecular weight is 374 g/mol. The number of nitrogens with zero attached hydrogens (tertiary/aromatic N) is 1. The smallest absolute Gasteiger partial charge is 0.270 e. The number of rotatable bonds is 5. The van der Waals surface area contributed by atoms with Gasteiger partial charge in [0.2, 0.25) is 0 Å². The fourth-order valence-corrected chi connectivity index (χ4v) is 3.18. The molecule has 3 atom stereocenters. The molecule has 0 bridgehead atoms. The standard InChI is InChI=1S/C20H24ClN3O2/c1-20(2,3)17(16-19(22-4)26-16)24-18(25)15-10-6-9-14(23-15)12-7-5-8-13(21)11-12/h5-11,16-17,19,22H,1-4H3,(H,24,25). The van der Waals surface area contributed by atoms with Crippen molar-refractivity contribution in [1.82, 2.24) is 15.6 Å². The molecule has 0 radical (unpaired) electrons. The number of benzene rings is 1. The summed E-state index contributed by atoms with van der Waals surface area (Å²) in [7, 11) is 1.85. The van der Waals surface area contributed by atoms with E-state index in [0.29, 0.717) is 16.4 Å². The Kier molecular flexibility index (Phi) is 5.32. The molecule has 6 heteroatoms. The number of nitrogens with one attached hydrogen (secondary N) is 2. The Bertz CT molecular complexity index is 804. The zero-order chi connectivity index (χ0) is 18.9. The maximum atomic E-state index is 12.8. The lowest BCUT2D eigenvalue weighted by molar-refractivity contribution is 0.0878. The van der Waals surface area contributed by atoms with Gasteiger partial charge in [-0.1, -0.05) is 50.6 Å². The molecule has 1 aliphatic rings. The Morgan fingerprint density at radius 2 is 1.96 bits per heavy atom. The summed E-state index contributed by atoms with van der Waals surface area (Å²) in [5, 5.41) is 6.82. The maximum Gasteiger partial charge on any atom is 0.270 e. The van der Waals surface area contributed by atoms with Gasteiger partial charge >= 0.3 is 0 Å². The summed E-state index contributed by atoms with van der Waals surface area (Å²) in [4.78, 5) is 17.3. The number of likely N-dealkylation sites (N-methyl/N-ethyl adjacent to an activating group) is 1. The van der Waals surface area contributed by atoms with Gasteiger partial charge in [-0.05, 0) is 36.7 Å². The molecule has 26 heavy (non-hydrogen) atoms. The first-order chi connectivity index (χ1) is 12.3. The van der Waals surface area contributed by atoms with Crippen LogP contribution >= 0.6 is 11.6 Å². The molecule has 2 heterocycles. The fourth-order valence-electron chi connectivity index (χ4n) is 2.99. The molecular weight excluding hydrogens is 350 g/mol. The molecule has 1 aromatic carbocycles. The molecule has 3 unspecified atom stereocenters. The quantitative estimate of drug-likeness (QED) is 0.787. The monoisotopic (exact) mass is 373 g/mol. The van der Waals surface area contributed by atoms with Crippen LogP contribution in [0.5, 0.6) is 0 Å². The molecule has 2 aromatic rings. The van der Waals surface area contributed by atoms with Crippen LogP contribution in [0.25, 0.3) is 11.3 Å². The molecule has 5 nitrogen and oxygen atoms in total. The number of carbonyl (C=O) groups is 1. The van der Waals surface area contributed by atoms with Crippen LogP contribution in [-0.4, -0.2) is 36.3 Å². The topological polar surface area (TPSA) is 66.5 Å². The van der Waals surface area contributed by atoms with Gasteiger partial charge in [-0.3, -0.25) is 10.1 Å². The number of pyridine rings is 1. The van der Waals surface area contributed by atoms with Crippen LogP contribution in [0.3, 0.4) is 0 Å². The summed E-state index contributed by atoms with van der Waals surface area (Å²) >= 11 is 6.06. The number of halogens is 1. The fraction of sp³-hybridized carbons (Fsp3) is 0.400. The Morgan fingerprint density at radius 3 is 2.58 bits per heavy atom. The lowest BCUT2D eigenvalue weighted by Gasteiger charge is -2.30. The number of hydrogen-bond donors (Lipinski definition) is 2. The van der Waals surface area contributed by atoms with Gasteiger partial charge in [0.1, 0.15) is 18.0 Å². The van der Waals surface area contributed by atoms with Crippen LogP contribution in [0, 0.1) is 5.41 Å². The second-order valence-corrected chi connectivity index (χ2v) is 7.98. The molecule has 1 amide bonds. The number of amides is 1. The van der Waals surface area contributed by atoms with Crippen LogP contribution < -0.4 is 10.6 Å². The largest absolute Gasteiger partial charge is 0.351 e. The van der Waals surface area contributed by atoms with E-state index in [1.807, 2.05) is 43.4 Å². The third-order valence-corrected chi connectivity index (χ3v) is 4.70. The average Bonchev–Trinajstić information content (AvgIpc) is 3.38. The Labute approximate surface area is 159 Å². The summed E-state index contributed by atoms with van der Waals surface area (Å²) in [6.07, 6.45) is -0.0645. The van der Waals surface area contributed by atoms with E-state index in [9.17, 15) is 4.79 Å². The predicted molar refractivity (Wildman–Crippen MR) is 103 cm³/mol. The van der Waals surface area contributed by atoms with Gasteiger partial charge in [0.05, 0.1) is 11.7 Å². The second kappa shape index (κ2) is 7.35. The zero-order valence-electron chi connectivity index (χ0n) is 15.4. The molecule has 138 valence electrons. The minimum absolute atomic E-state index is 0.0229. The van der Waals surface area contributed by atoms with E-state index in [0.717, 1.165) is 5.56 Å². The third kappa shape index (κ3) is 4.23. The first-order valence-corrected chi connectivity index (χ1v) is 9.04. The molecule has 0 spiro atoms. The van der Waals surface area contributed by atoms with Crippen LogP contribution in [0.4, 0.5) is 0 Å². The van der Waals surface area contributed by atoms with E-state index in [-0.39, 0.29) is 29.7 Å². The van der Waals surface area contributed by atoms with Crippen molar-refractivity contribution in [2.24, 2.45) is 5.41 Å². The van der Waals surface area contributed by atoms with Crippen LogP contribution in [0.2, 0.25) is 5.02 Å². The molecule has 1 aromatic heterocycles. The zero-order valence-corrected chi connectivity index (χ0v) is 16.2. The van der Waals surface area contributed by atoms with E-state index >= 15 is 0 Å². The van der Waals surface area contributed by atoms with Crippen molar-refractivity contribution in [2.45, 2.75) is 39.1 Å². The van der Waals surface area contributed by atoms with E-state index in [1.54, 1.807) is 6.07 Å². The molecule has 1 fully saturated rings. The van der Waals surface area contributed by atoms with Crippen molar-refractivity contribution in [3.8, 4) is 11.3 Å². The highest BCUT2D eigenvalue weighted by molar-refractivity contribution is 6.30. The van der Waals surface area contributed by atoms with Crippen molar-refractivity contribution >= 4 is 17.5 Å². The van der Waals surface area contributed by atoms with Gasteiger partial charge in [0.15, 0.2) is 0 Å². The Balaban J connectivity index is 1.80. The first kappa shape index (κ1) is 18.8. The first-order valence-electron chi connectivity index (χ1n) is 8.66. The minimum atomic E-state index is -0.209. The molecule has 1 aliphatic heterocycles. The molecule has 1 saturated heterocycles. The van der Waals surface area contributed by atoms with Crippen molar-refractivity contribution < 1.29 is 9.53 Å². The van der Waals surface area contributed by atoms with Gasteiger partial charge in [0.25, 0.3) is 5.91 Å². The van der Waals surface area contributed by atoms with Crippen molar-refractivity contribution in [1.29, 1.82) is 0 Å². The molecule has 3 rings (SSSR count). The van der Waals surface area contributed by atoms with Crippen molar-refractivity contribution in [3.05, 3.63) is 53.2 Å². The van der Waals surface area contributed by atoms with E-state index in [2.05, 4.69) is 36.4 Å². The van der Waals surface area contributed by atoms with E-state index < -0.39 is 0 Å². The van der Waals surface area contributed by atoms with Gasteiger partial charge in [0, 0.05) is 10.6 Å². The highest BCUT2D eigenvalue weighted by Gasteiger charge is 2.49. The van der Waals surface area contributed by atoms with Crippen molar-refractivity contribution in [3.63, 3.8) is 0 Å². The lowest BCUT2D eigenvalue weighted by Crippen LogP contribution is -2.49. The molecular formula is C20H24ClN3O2. The molecule has 2 N–H and O–H groups in total. The number of ether oxygens (including phenoxy) is 1. The van der Waals surface area contributed by atoms with Crippen LogP contribution in [0.1, 0.15) is 31.3 Å². The molecule has 0 aliphatic carbocycles. The number of aromatic nitrogens is 1. The summed E-state index contributed by atoms with van der Waals surface area (Å²) in [5.74, 6) is -0.209. The molecule has 0 saturated carbocycles. The highest BCUT2D eigenvalue weighted by Crippen LogP contribution is 2.33. The lowest BCUT2D eigenvalue weighted by atomic mass is 9.84. The summed E-state index contributed by atoms with van der Waals surface area (Å²) < 4.78 is 5.64. The van der Waals surface area contributed by atoms with Gasteiger partial charge in [-0.15, -0.1) is 0 Å². The second-order valence-electron chi connectivity index (χ2n) is 7.55. The highest BCUT2D eigenvalue weighted by atomic mass is 35.5. The van der Waals surface area contributed by atoms with E-state index in [4.69, 9.17) is 16.3 Å². The predicted octanol–water partition coefficient (Wildman–Crippen LogP) is 3.49. The Hall–Kier alpha value is -1.95. The summed E-state index contributed by atoms with van der Waals surface area (Å²) in [5.41, 5.74) is 1.82. The summed E-state index contributed by atoms with van der Waals surface area (Å²) in [6.45, 7) is 6.26. The third-order valence-electron chi connectivity index (χ3n) is 4.46. The Morgan fingerprint density at radius 1 is 1.23 bits per heavy atom. The van der Waals surface area contributed by atoms with Gasteiger partial charge in [-0.25, -0.2) is 4.98 Å². The summed E-state index contributed by atoms with van der Waals surface area (Å²) in [6, 6.07) is 12.7. The minimum Gasteiger partial charge on any atom is -0.351 e. The maximum absolute atomic E-state index is 12.8. The van der Waals surface area contributed by atoms with Gasteiger partial charge < -0.3 is 10.1 Å². The van der Waals surface area contributed by atoms with Crippen LogP contribution in [0.15, 0.2) is 42.5 Å².